The zero-order chi connectivity index (χ0) is 57.3. The van der Waals surface area contributed by atoms with Crippen LogP contribution in [0.5, 0.6) is 0 Å². The minimum atomic E-state index is -0.429. The first-order valence-corrected chi connectivity index (χ1v) is 22.7. The van der Waals surface area contributed by atoms with Crippen molar-refractivity contribution in [3.63, 3.8) is 0 Å². The van der Waals surface area contributed by atoms with E-state index in [-0.39, 0.29) is 115 Å². The van der Waals surface area contributed by atoms with Gasteiger partial charge in [-0.2, -0.15) is 0 Å². The summed E-state index contributed by atoms with van der Waals surface area (Å²) in [6.45, 7) is 0. The van der Waals surface area contributed by atoms with E-state index in [4.69, 9.17) is 5.48 Å². The lowest BCUT2D eigenvalue weighted by Crippen LogP contribution is -1.94. The SMILES string of the molecule is [2H]c1c([2H])c([2H])c2c(c1[2H])c1cc(-c3c([2H])c([2H])c4c(c3[2H])c3c([2H])c(-c5ccc6c(c5)c5c([2H])c([2H])c([2H])c([2H])c5n6-c5ccc6ccccc6c5)c([2H])c([2H])c3n4-c3ccc4ccccc4c3)ccc1n2-c1ccc2ccccc2c1. The van der Waals surface area contributed by atoms with Crippen molar-refractivity contribution in [2.75, 3.05) is 0 Å². The summed E-state index contributed by atoms with van der Waals surface area (Å²) in [6.07, 6.45) is 0. The second-order valence-electron chi connectivity index (χ2n) is 17.5. The maximum absolute atomic E-state index is 10.3. The van der Waals surface area contributed by atoms with Crippen LogP contribution in [0.2, 0.25) is 0 Å². The topological polar surface area (TPSA) is 14.8 Å². The molecule has 3 heteroatoms. The minimum Gasteiger partial charge on any atom is -0.309 e. The highest BCUT2D eigenvalue weighted by Crippen LogP contribution is 2.42. The quantitative estimate of drug-likeness (QED) is 0.164. The van der Waals surface area contributed by atoms with Gasteiger partial charge in [-0.05, 0) is 151 Å². The van der Waals surface area contributed by atoms with E-state index in [9.17, 15) is 13.7 Å². The number of nitrogens with zero attached hydrogens (tertiary/aromatic N) is 3. The van der Waals surface area contributed by atoms with Crippen LogP contribution in [-0.2, 0) is 0 Å². The Bertz CT molecular complexity index is 5170. The molecule has 69 heavy (non-hydrogen) atoms. The predicted molar refractivity (Wildman–Crippen MR) is 293 cm³/mol. The van der Waals surface area contributed by atoms with Gasteiger partial charge in [0.25, 0.3) is 0 Å². The third kappa shape index (κ3) is 5.81. The molecule has 0 atom stereocenters. The third-order valence-electron chi connectivity index (χ3n) is 13.6. The van der Waals surface area contributed by atoms with E-state index in [1.165, 1.54) is 0 Å². The van der Waals surface area contributed by atoms with E-state index >= 15 is 0 Å². The molecule has 0 N–H and O–H groups in total. The second kappa shape index (κ2) is 14.7. The number of benzene rings is 12. The summed E-state index contributed by atoms with van der Waals surface area (Å²) < 4.78 is 138. The lowest BCUT2D eigenvalue weighted by molar-refractivity contribution is 1.18. The zero-order valence-electron chi connectivity index (χ0n) is 50.4. The molecule has 0 fully saturated rings. The average molecular weight is 890 g/mol. The van der Waals surface area contributed by atoms with Crippen LogP contribution in [0.15, 0.2) is 248 Å². The maximum atomic E-state index is 10.3. The average Bonchev–Trinajstić information content (AvgIpc) is 2.05. The molecule has 12 aromatic carbocycles. The Morgan fingerprint density at radius 1 is 0.246 bits per heavy atom. The first-order chi connectivity index (χ1) is 40.0. The van der Waals surface area contributed by atoms with Gasteiger partial charge in [0.05, 0.1) is 52.3 Å². The largest absolute Gasteiger partial charge is 0.309 e. The van der Waals surface area contributed by atoms with Crippen LogP contribution in [0.25, 0.3) is 137 Å². The first kappa shape index (κ1) is 26.8. The molecule has 0 bridgehead atoms. The Balaban J connectivity index is 1.03. The molecule has 0 aliphatic carbocycles. The highest BCUT2D eigenvalue weighted by molar-refractivity contribution is 6.15. The molecule has 0 amide bonds. The summed E-state index contributed by atoms with van der Waals surface area (Å²) in [7, 11) is 0. The van der Waals surface area contributed by atoms with Gasteiger partial charge in [-0.15, -0.1) is 0 Å². The Hall–Kier alpha value is -9.18. The van der Waals surface area contributed by atoms with Crippen LogP contribution < -0.4 is 0 Å². The fourth-order valence-corrected chi connectivity index (χ4v) is 10.4. The van der Waals surface area contributed by atoms with E-state index in [2.05, 4.69) is 0 Å². The van der Waals surface area contributed by atoms with E-state index in [0.29, 0.717) is 50.0 Å². The zero-order valence-corrected chi connectivity index (χ0v) is 36.4. The summed E-state index contributed by atoms with van der Waals surface area (Å²) in [4.78, 5) is 0. The van der Waals surface area contributed by atoms with Crippen LogP contribution in [0.4, 0.5) is 0 Å². The minimum absolute atomic E-state index is 0.00823. The van der Waals surface area contributed by atoms with Gasteiger partial charge < -0.3 is 13.7 Å². The predicted octanol–water partition coefficient (Wildman–Crippen LogP) is 17.8. The summed E-state index contributed by atoms with van der Waals surface area (Å²) in [6, 6.07) is 46.3. The first-order valence-electron chi connectivity index (χ1n) is 29.7. The van der Waals surface area contributed by atoms with Crippen molar-refractivity contribution in [3.8, 4) is 39.3 Å². The molecule has 0 saturated heterocycles. The molecular weight excluding hydrogens is 835 g/mol. The lowest BCUT2D eigenvalue weighted by Gasteiger charge is -2.11. The smallest absolute Gasteiger partial charge is 0.0645 e. The monoisotopic (exact) mass is 889 g/mol. The molecule has 3 aromatic heterocycles. The van der Waals surface area contributed by atoms with E-state index in [1.807, 2.05) is 127 Å². The molecule has 0 saturated carbocycles. The molecule has 0 spiro atoms. The number of rotatable bonds is 5. The van der Waals surface area contributed by atoms with Crippen molar-refractivity contribution < 1.29 is 19.2 Å². The molecule has 3 nitrogen and oxygen atoms in total. The molecule has 15 rings (SSSR count). The van der Waals surface area contributed by atoms with Crippen LogP contribution in [0, 0.1) is 0 Å². The van der Waals surface area contributed by atoms with Crippen LogP contribution in [0.3, 0.4) is 0 Å². The molecule has 0 unspecified atom stereocenters. The fourth-order valence-electron chi connectivity index (χ4n) is 10.4. The molecule has 320 valence electrons. The van der Waals surface area contributed by atoms with E-state index in [1.54, 1.807) is 50.1 Å². The van der Waals surface area contributed by atoms with E-state index in [0.717, 1.165) is 32.3 Å². The number of hydrogen-bond acceptors (Lipinski definition) is 0. The van der Waals surface area contributed by atoms with Gasteiger partial charge in [0, 0.05) is 49.4 Å². The summed E-state index contributed by atoms with van der Waals surface area (Å²) in [5, 5.41) is 6.98. The molecule has 0 radical (unpaired) electrons. The van der Waals surface area contributed by atoms with Crippen molar-refractivity contribution in [1.82, 2.24) is 13.7 Å². The van der Waals surface area contributed by atoms with Gasteiger partial charge in [0.1, 0.15) is 0 Å². The molecular formula is C66H41N3. The molecule has 0 aliphatic rings. The number of fused-ring (bicyclic) bond motifs is 12. The molecule has 15 aromatic rings. The number of aromatic nitrogens is 3. The highest BCUT2D eigenvalue weighted by atomic mass is 15.0. The van der Waals surface area contributed by atoms with Crippen LogP contribution in [0.1, 0.15) is 19.2 Å². The van der Waals surface area contributed by atoms with Crippen molar-refractivity contribution in [3.05, 3.63) is 248 Å². The van der Waals surface area contributed by atoms with Crippen molar-refractivity contribution in [2.24, 2.45) is 0 Å². The summed E-state index contributed by atoms with van der Waals surface area (Å²) >= 11 is 0. The van der Waals surface area contributed by atoms with Crippen molar-refractivity contribution in [1.29, 1.82) is 0 Å². The molecule has 0 aliphatic heterocycles. The van der Waals surface area contributed by atoms with Crippen LogP contribution in [-0.4, -0.2) is 13.7 Å². The Morgan fingerprint density at radius 2 is 0.609 bits per heavy atom. The van der Waals surface area contributed by atoms with Crippen molar-refractivity contribution in [2.45, 2.75) is 0 Å². The summed E-state index contributed by atoms with van der Waals surface area (Å²) in [5.74, 6) is 0. The van der Waals surface area contributed by atoms with Gasteiger partial charge >= 0.3 is 0 Å². The third-order valence-corrected chi connectivity index (χ3v) is 13.6. The maximum Gasteiger partial charge on any atom is 0.0645 e. The van der Waals surface area contributed by atoms with Gasteiger partial charge in [-0.3, -0.25) is 0 Å². The Kier molecular flexibility index (Phi) is 5.70. The Morgan fingerprint density at radius 3 is 1.03 bits per heavy atom. The van der Waals surface area contributed by atoms with Gasteiger partial charge in [0.15, 0.2) is 0 Å². The standard InChI is InChI=1S/C66H41N3/c1-4-14-45-35-52(28-21-42(45)11-1)67-61-19-9-7-17-55(61)57-38-48(24-31-63(57)67)50-26-33-65-59(40-50)60-41-51(27-34-66(60)69(65)54-30-23-44-13-3-6-16-47(44)37-54)49-25-32-64-58(39-49)56-18-8-10-20-62(56)68(64)53-29-22-43-12-2-5-15-46(43)36-53/h1-41H/i7D,8D,9D,10D,17D,18D,19D,20D,26D,27D,33D,34D,40D,41D. The van der Waals surface area contributed by atoms with Gasteiger partial charge in [0.2, 0.25) is 0 Å². The molecule has 3 heterocycles. The van der Waals surface area contributed by atoms with Crippen molar-refractivity contribution >= 4 is 97.7 Å². The Labute approximate surface area is 417 Å². The second-order valence-corrected chi connectivity index (χ2v) is 17.5. The van der Waals surface area contributed by atoms with Crippen LogP contribution >= 0.6 is 0 Å². The summed E-state index contributed by atoms with van der Waals surface area (Å²) in [5.41, 5.74) is 4.08. The number of hydrogen-bond donors (Lipinski definition) is 0. The fraction of sp³-hybridized carbons (Fsp3) is 0. The highest BCUT2D eigenvalue weighted by Gasteiger charge is 2.19. The van der Waals surface area contributed by atoms with Gasteiger partial charge in [-0.25, -0.2) is 0 Å². The van der Waals surface area contributed by atoms with E-state index < -0.39 is 24.2 Å². The lowest BCUT2D eigenvalue weighted by atomic mass is 9.98. The number of para-hydroxylation sites is 2. The normalized spacial score (nSPS) is 14.9. The van der Waals surface area contributed by atoms with Gasteiger partial charge in [-0.1, -0.05) is 151 Å².